The van der Waals surface area contributed by atoms with Gasteiger partial charge in [-0.2, -0.15) is 5.10 Å². The molecular weight excluding hydrogens is 284 g/mol. The van der Waals surface area contributed by atoms with Crippen LogP contribution in [0.5, 0.6) is 0 Å². The Morgan fingerprint density at radius 1 is 1.45 bits per heavy atom. The van der Waals surface area contributed by atoms with Gasteiger partial charge in [0, 0.05) is 38.0 Å². The molecule has 0 unspecified atom stereocenters. The lowest BCUT2D eigenvalue weighted by atomic mass is 10.3. The van der Waals surface area contributed by atoms with Gasteiger partial charge in [0.05, 0.1) is 13.2 Å². The first kappa shape index (κ1) is 17.1. The summed E-state index contributed by atoms with van der Waals surface area (Å²) in [5.74, 6) is 0. The highest BCUT2D eigenvalue weighted by Crippen LogP contribution is 2.15. The first-order chi connectivity index (χ1) is 9.42. The second-order valence-corrected chi connectivity index (χ2v) is 6.17. The van der Waals surface area contributed by atoms with Crippen molar-refractivity contribution in [3.63, 3.8) is 0 Å². The van der Waals surface area contributed by atoms with Gasteiger partial charge in [-0.3, -0.25) is 5.10 Å². The quantitative estimate of drug-likeness (QED) is 0.544. The zero-order valence-electron chi connectivity index (χ0n) is 12.0. The van der Waals surface area contributed by atoms with Crippen LogP contribution >= 0.6 is 0 Å². The Morgan fingerprint density at radius 3 is 2.75 bits per heavy atom. The van der Waals surface area contributed by atoms with Gasteiger partial charge >= 0.3 is 0 Å². The maximum absolute atomic E-state index is 12.1. The molecule has 8 nitrogen and oxygen atoms in total. The highest BCUT2D eigenvalue weighted by atomic mass is 32.2. The molecule has 1 aromatic heterocycles. The van der Waals surface area contributed by atoms with Gasteiger partial charge in [-0.05, 0) is 14.0 Å². The monoisotopic (exact) mass is 306 g/mol. The summed E-state index contributed by atoms with van der Waals surface area (Å²) in [6, 6.07) is 0. The lowest BCUT2D eigenvalue weighted by Gasteiger charge is -2.16. The molecule has 0 saturated carbocycles. The number of aliphatic hydroxyl groups is 1. The van der Waals surface area contributed by atoms with Crippen LogP contribution < -0.4 is 4.72 Å². The Labute approximate surface area is 119 Å². The van der Waals surface area contributed by atoms with Crippen LogP contribution in [-0.4, -0.2) is 69.0 Å². The molecule has 0 radical (unpaired) electrons. The molecule has 0 saturated heterocycles. The van der Waals surface area contributed by atoms with Gasteiger partial charge in [0.1, 0.15) is 0 Å². The average molecular weight is 306 g/mol. The van der Waals surface area contributed by atoms with Crippen molar-refractivity contribution in [3.05, 3.63) is 11.3 Å². The molecule has 1 aromatic rings. The molecule has 0 amide bonds. The number of H-pyrrole nitrogens is 1. The third kappa shape index (κ3) is 4.53. The van der Waals surface area contributed by atoms with Crippen LogP contribution in [0.2, 0.25) is 0 Å². The van der Waals surface area contributed by atoms with E-state index in [0.29, 0.717) is 24.4 Å². The fourth-order valence-electron chi connectivity index (χ4n) is 1.64. The highest BCUT2D eigenvalue weighted by molar-refractivity contribution is 7.89. The fourth-order valence-corrected chi connectivity index (χ4v) is 2.84. The number of nitrogens with zero attached hydrogens (tertiary/aromatic N) is 2. The largest absolute Gasteiger partial charge is 0.392 e. The molecule has 3 N–H and O–H groups in total. The SMILES string of the molecule is COCCN(C)CCNS(=O)(=O)c1n[nH]c(C)c1CO. The van der Waals surface area contributed by atoms with Crippen molar-refractivity contribution in [3.8, 4) is 0 Å². The summed E-state index contributed by atoms with van der Waals surface area (Å²) in [7, 11) is -0.211. The Morgan fingerprint density at radius 2 is 2.15 bits per heavy atom. The van der Waals surface area contributed by atoms with Crippen LogP contribution in [-0.2, 0) is 21.4 Å². The molecular formula is C11H22N4O4S. The summed E-state index contributed by atoms with van der Waals surface area (Å²) in [6.45, 7) is 3.43. The number of aryl methyl sites for hydroxylation is 1. The Kier molecular flexibility index (Phi) is 6.56. The molecule has 0 aliphatic rings. The van der Waals surface area contributed by atoms with Crippen molar-refractivity contribution < 1.29 is 18.3 Å². The van der Waals surface area contributed by atoms with E-state index >= 15 is 0 Å². The van der Waals surface area contributed by atoms with Gasteiger partial charge in [-0.15, -0.1) is 0 Å². The lowest BCUT2D eigenvalue weighted by molar-refractivity contribution is 0.162. The van der Waals surface area contributed by atoms with Gasteiger partial charge in [-0.1, -0.05) is 0 Å². The molecule has 0 aliphatic heterocycles. The average Bonchev–Trinajstić information content (AvgIpc) is 2.78. The third-order valence-corrected chi connectivity index (χ3v) is 4.34. The van der Waals surface area contributed by atoms with E-state index in [-0.39, 0.29) is 18.2 Å². The number of likely N-dealkylation sites (N-methyl/N-ethyl adjacent to an activating group) is 1. The second kappa shape index (κ2) is 7.70. The summed E-state index contributed by atoms with van der Waals surface area (Å²) >= 11 is 0. The number of aromatic nitrogens is 2. The van der Waals surface area contributed by atoms with Crippen molar-refractivity contribution >= 4 is 10.0 Å². The van der Waals surface area contributed by atoms with Crippen molar-refractivity contribution in [1.29, 1.82) is 0 Å². The van der Waals surface area contributed by atoms with Crippen LogP contribution in [0.25, 0.3) is 0 Å². The first-order valence-electron chi connectivity index (χ1n) is 6.24. The number of sulfonamides is 1. The summed E-state index contributed by atoms with van der Waals surface area (Å²) in [4.78, 5) is 1.95. The summed E-state index contributed by atoms with van der Waals surface area (Å²) in [6.07, 6.45) is 0. The Balaban J connectivity index is 2.58. The molecule has 0 atom stereocenters. The molecule has 0 bridgehead atoms. The number of ether oxygens (including phenoxy) is 1. The van der Waals surface area contributed by atoms with Gasteiger partial charge in [0.2, 0.25) is 0 Å². The topological polar surface area (TPSA) is 108 Å². The molecule has 9 heteroatoms. The number of hydrogen-bond acceptors (Lipinski definition) is 6. The normalized spacial score (nSPS) is 12.2. The van der Waals surface area contributed by atoms with E-state index in [4.69, 9.17) is 4.74 Å². The van der Waals surface area contributed by atoms with Crippen molar-refractivity contribution in [2.24, 2.45) is 0 Å². The molecule has 1 heterocycles. The van der Waals surface area contributed by atoms with Crippen molar-refractivity contribution in [2.45, 2.75) is 18.6 Å². The van der Waals surface area contributed by atoms with Gasteiger partial charge in [-0.25, -0.2) is 13.1 Å². The van der Waals surface area contributed by atoms with Crippen LogP contribution in [0.1, 0.15) is 11.3 Å². The highest BCUT2D eigenvalue weighted by Gasteiger charge is 2.22. The maximum Gasteiger partial charge on any atom is 0.260 e. The maximum atomic E-state index is 12.1. The molecule has 0 aromatic carbocycles. The molecule has 0 aliphatic carbocycles. The standard InChI is InChI=1S/C11H22N4O4S/c1-9-10(8-16)11(14-13-9)20(17,18)12-4-5-15(2)6-7-19-3/h12,16H,4-8H2,1-3H3,(H,13,14). The van der Waals surface area contributed by atoms with E-state index in [1.54, 1.807) is 14.0 Å². The minimum atomic E-state index is -3.71. The number of nitrogens with one attached hydrogen (secondary N) is 2. The number of methoxy groups -OCH3 is 1. The predicted molar refractivity (Wildman–Crippen MR) is 73.8 cm³/mol. The van der Waals surface area contributed by atoms with Crippen LogP contribution in [0.3, 0.4) is 0 Å². The van der Waals surface area contributed by atoms with Gasteiger partial charge < -0.3 is 14.7 Å². The molecule has 20 heavy (non-hydrogen) atoms. The lowest BCUT2D eigenvalue weighted by Crippen LogP contribution is -2.34. The minimum absolute atomic E-state index is 0.142. The molecule has 1 rings (SSSR count). The molecule has 0 fully saturated rings. The first-order valence-corrected chi connectivity index (χ1v) is 7.72. The number of aliphatic hydroxyl groups excluding tert-OH is 1. The van der Waals surface area contributed by atoms with Crippen LogP contribution in [0, 0.1) is 6.92 Å². The van der Waals surface area contributed by atoms with E-state index in [9.17, 15) is 13.5 Å². The Bertz CT molecular complexity index is 514. The van der Waals surface area contributed by atoms with E-state index in [1.165, 1.54) is 0 Å². The van der Waals surface area contributed by atoms with Gasteiger partial charge in [0.15, 0.2) is 5.03 Å². The van der Waals surface area contributed by atoms with Gasteiger partial charge in [0.25, 0.3) is 10.0 Å². The van der Waals surface area contributed by atoms with Crippen LogP contribution in [0.15, 0.2) is 5.03 Å². The van der Waals surface area contributed by atoms with Crippen molar-refractivity contribution in [1.82, 2.24) is 19.8 Å². The van der Waals surface area contributed by atoms with E-state index in [1.807, 2.05) is 11.9 Å². The molecule has 116 valence electrons. The summed E-state index contributed by atoms with van der Waals surface area (Å²) < 4.78 is 31.6. The molecule has 0 spiro atoms. The van der Waals surface area contributed by atoms with E-state index in [0.717, 1.165) is 6.54 Å². The van der Waals surface area contributed by atoms with E-state index in [2.05, 4.69) is 14.9 Å². The summed E-state index contributed by atoms with van der Waals surface area (Å²) in [5.41, 5.74) is 0.843. The number of rotatable bonds is 9. The fraction of sp³-hybridized carbons (Fsp3) is 0.727. The Hall–Kier alpha value is -1.00. The zero-order chi connectivity index (χ0) is 15.2. The number of aromatic amines is 1. The number of hydrogen-bond donors (Lipinski definition) is 3. The second-order valence-electron chi connectivity index (χ2n) is 4.48. The smallest absolute Gasteiger partial charge is 0.260 e. The predicted octanol–water partition coefficient (Wildman–Crippen LogP) is -0.933. The third-order valence-electron chi connectivity index (χ3n) is 2.91. The van der Waals surface area contributed by atoms with Crippen LogP contribution in [0.4, 0.5) is 0 Å². The summed E-state index contributed by atoms with van der Waals surface area (Å²) in [5, 5.41) is 15.3. The van der Waals surface area contributed by atoms with Crippen molar-refractivity contribution in [2.75, 3.05) is 40.4 Å². The zero-order valence-corrected chi connectivity index (χ0v) is 12.8. The van der Waals surface area contributed by atoms with E-state index < -0.39 is 10.0 Å². The minimum Gasteiger partial charge on any atom is -0.392 e.